The third kappa shape index (κ3) is 3.06. The Morgan fingerprint density at radius 1 is 1.47 bits per heavy atom. The van der Waals surface area contributed by atoms with Gasteiger partial charge in [-0.25, -0.2) is 0 Å². The summed E-state index contributed by atoms with van der Waals surface area (Å²) in [7, 11) is 1.90. The van der Waals surface area contributed by atoms with Crippen molar-refractivity contribution in [1.29, 1.82) is 0 Å². The lowest BCUT2D eigenvalue weighted by atomic mass is 9.72. The van der Waals surface area contributed by atoms with Crippen LogP contribution in [0, 0.1) is 11.8 Å². The molecule has 1 saturated carbocycles. The van der Waals surface area contributed by atoms with Gasteiger partial charge in [-0.1, -0.05) is 19.1 Å². The molecule has 0 radical (unpaired) electrons. The van der Waals surface area contributed by atoms with Gasteiger partial charge in [0.05, 0.1) is 5.69 Å². The van der Waals surface area contributed by atoms with Crippen molar-refractivity contribution < 1.29 is 0 Å². The molecule has 17 heavy (non-hydrogen) atoms. The maximum Gasteiger partial charge on any atom is 0.0845 e. The highest BCUT2D eigenvalue weighted by atomic mass is 15.4. The standard InChI is InChI=1S/C13H24N4/c1-10(2)11-4-6-13(14,7-5-11)8-12-9-17(3)16-15-12/h9-11H,4-8,14H2,1-3H3. The summed E-state index contributed by atoms with van der Waals surface area (Å²) < 4.78 is 1.75. The number of hydrogen-bond donors (Lipinski definition) is 1. The fourth-order valence-electron chi connectivity index (χ4n) is 2.90. The molecule has 1 aliphatic rings. The summed E-state index contributed by atoms with van der Waals surface area (Å²) in [6.07, 6.45) is 7.59. The lowest BCUT2D eigenvalue weighted by Gasteiger charge is -2.38. The zero-order valence-electron chi connectivity index (χ0n) is 11.2. The SMILES string of the molecule is CC(C)C1CCC(N)(Cc2cn(C)nn2)CC1. The molecule has 0 atom stereocenters. The minimum Gasteiger partial charge on any atom is -0.325 e. The molecule has 0 bridgehead atoms. The highest BCUT2D eigenvalue weighted by Crippen LogP contribution is 2.35. The molecule has 0 unspecified atom stereocenters. The molecule has 0 aliphatic heterocycles. The first-order valence-corrected chi connectivity index (χ1v) is 6.63. The Hall–Kier alpha value is -0.900. The Balaban J connectivity index is 1.93. The van der Waals surface area contributed by atoms with Crippen LogP contribution in [0.25, 0.3) is 0 Å². The molecule has 0 spiro atoms. The van der Waals surface area contributed by atoms with Crippen LogP contribution in [0.3, 0.4) is 0 Å². The van der Waals surface area contributed by atoms with Crippen molar-refractivity contribution >= 4 is 0 Å². The average Bonchev–Trinajstić information content (AvgIpc) is 2.63. The number of aryl methyl sites for hydroxylation is 1. The van der Waals surface area contributed by atoms with Crippen LogP contribution >= 0.6 is 0 Å². The molecule has 0 aromatic carbocycles. The van der Waals surface area contributed by atoms with E-state index in [1.54, 1.807) is 4.68 Å². The van der Waals surface area contributed by atoms with Gasteiger partial charge >= 0.3 is 0 Å². The van der Waals surface area contributed by atoms with Gasteiger partial charge in [0.25, 0.3) is 0 Å². The first kappa shape index (κ1) is 12.6. The molecule has 0 saturated heterocycles. The molecule has 1 fully saturated rings. The molecule has 1 heterocycles. The summed E-state index contributed by atoms with van der Waals surface area (Å²) in [5.74, 6) is 1.64. The fraction of sp³-hybridized carbons (Fsp3) is 0.846. The van der Waals surface area contributed by atoms with E-state index in [4.69, 9.17) is 5.73 Å². The van der Waals surface area contributed by atoms with Crippen molar-refractivity contribution in [2.75, 3.05) is 0 Å². The molecule has 2 rings (SSSR count). The van der Waals surface area contributed by atoms with Crippen molar-refractivity contribution in [3.05, 3.63) is 11.9 Å². The molecule has 1 aromatic rings. The molecule has 1 aliphatic carbocycles. The van der Waals surface area contributed by atoms with Gasteiger partial charge in [-0.05, 0) is 37.5 Å². The molecule has 4 nitrogen and oxygen atoms in total. The van der Waals surface area contributed by atoms with E-state index in [0.717, 1.165) is 36.8 Å². The summed E-state index contributed by atoms with van der Waals surface area (Å²) in [5.41, 5.74) is 7.46. The van der Waals surface area contributed by atoms with Gasteiger partial charge < -0.3 is 5.73 Å². The summed E-state index contributed by atoms with van der Waals surface area (Å²) in [5, 5.41) is 8.11. The third-order valence-corrected chi connectivity index (χ3v) is 4.15. The third-order valence-electron chi connectivity index (χ3n) is 4.15. The van der Waals surface area contributed by atoms with Gasteiger partial charge in [-0.2, -0.15) is 0 Å². The van der Waals surface area contributed by atoms with Crippen LogP contribution in [0.1, 0.15) is 45.2 Å². The van der Waals surface area contributed by atoms with Gasteiger partial charge in [0.2, 0.25) is 0 Å². The minimum absolute atomic E-state index is 0.0541. The van der Waals surface area contributed by atoms with Gasteiger partial charge in [0, 0.05) is 25.2 Å². The normalized spacial score (nSPS) is 29.8. The predicted octanol–water partition coefficient (Wildman–Crippen LogP) is 1.90. The molecule has 0 amide bonds. The monoisotopic (exact) mass is 236 g/mol. The first-order valence-electron chi connectivity index (χ1n) is 6.63. The Kier molecular flexibility index (Phi) is 3.52. The summed E-state index contributed by atoms with van der Waals surface area (Å²) in [6.45, 7) is 4.63. The van der Waals surface area contributed by atoms with E-state index in [1.165, 1.54) is 12.8 Å². The van der Waals surface area contributed by atoms with Gasteiger partial charge in [-0.15, -0.1) is 5.10 Å². The Labute approximate surface area is 104 Å². The van der Waals surface area contributed by atoms with Gasteiger partial charge in [-0.3, -0.25) is 4.68 Å². The van der Waals surface area contributed by atoms with Crippen molar-refractivity contribution in [3.63, 3.8) is 0 Å². The van der Waals surface area contributed by atoms with Crippen LogP contribution in [-0.4, -0.2) is 20.5 Å². The summed E-state index contributed by atoms with van der Waals surface area (Å²) in [4.78, 5) is 0. The Bertz CT molecular complexity index is 361. The van der Waals surface area contributed by atoms with Crippen LogP contribution in [0.4, 0.5) is 0 Å². The second-order valence-corrected chi connectivity index (χ2v) is 6.00. The predicted molar refractivity (Wildman–Crippen MR) is 68.4 cm³/mol. The molecule has 1 aromatic heterocycles. The molecule has 4 heteroatoms. The average molecular weight is 236 g/mol. The highest BCUT2D eigenvalue weighted by Gasteiger charge is 2.33. The smallest absolute Gasteiger partial charge is 0.0845 e. The van der Waals surface area contributed by atoms with E-state index in [0.29, 0.717) is 0 Å². The van der Waals surface area contributed by atoms with E-state index in [9.17, 15) is 0 Å². The van der Waals surface area contributed by atoms with E-state index >= 15 is 0 Å². The molecular formula is C13H24N4. The van der Waals surface area contributed by atoms with E-state index < -0.39 is 0 Å². The Morgan fingerprint density at radius 2 is 2.12 bits per heavy atom. The maximum atomic E-state index is 6.49. The van der Waals surface area contributed by atoms with E-state index in [-0.39, 0.29) is 5.54 Å². The first-order chi connectivity index (χ1) is 7.98. The van der Waals surface area contributed by atoms with Gasteiger partial charge in [0.1, 0.15) is 0 Å². The number of rotatable bonds is 3. The maximum absolute atomic E-state index is 6.49. The quantitative estimate of drug-likeness (QED) is 0.872. The van der Waals surface area contributed by atoms with Crippen LogP contribution in [0.2, 0.25) is 0 Å². The van der Waals surface area contributed by atoms with Crippen LogP contribution < -0.4 is 5.73 Å². The number of nitrogens with zero attached hydrogens (tertiary/aromatic N) is 3. The number of hydrogen-bond acceptors (Lipinski definition) is 3. The van der Waals surface area contributed by atoms with Gasteiger partial charge in [0.15, 0.2) is 0 Å². The number of nitrogens with two attached hydrogens (primary N) is 1. The Morgan fingerprint density at radius 3 is 2.59 bits per heavy atom. The molecule has 2 N–H and O–H groups in total. The van der Waals surface area contributed by atoms with Crippen molar-refractivity contribution in [3.8, 4) is 0 Å². The largest absolute Gasteiger partial charge is 0.325 e. The van der Waals surface area contributed by atoms with Crippen LogP contribution in [-0.2, 0) is 13.5 Å². The topological polar surface area (TPSA) is 56.7 Å². The summed E-state index contributed by atoms with van der Waals surface area (Å²) in [6, 6.07) is 0. The van der Waals surface area contributed by atoms with Crippen molar-refractivity contribution in [1.82, 2.24) is 15.0 Å². The van der Waals surface area contributed by atoms with Crippen molar-refractivity contribution in [2.24, 2.45) is 24.6 Å². The van der Waals surface area contributed by atoms with Crippen LogP contribution in [0.15, 0.2) is 6.20 Å². The lowest BCUT2D eigenvalue weighted by molar-refractivity contribution is 0.193. The van der Waals surface area contributed by atoms with Crippen molar-refractivity contribution in [2.45, 2.75) is 51.5 Å². The molecular weight excluding hydrogens is 212 g/mol. The van der Waals surface area contributed by atoms with E-state index in [2.05, 4.69) is 24.2 Å². The minimum atomic E-state index is -0.0541. The van der Waals surface area contributed by atoms with Crippen LogP contribution in [0.5, 0.6) is 0 Å². The van der Waals surface area contributed by atoms with E-state index in [1.807, 2.05) is 13.2 Å². The fourth-order valence-corrected chi connectivity index (χ4v) is 2.90. The molecule has 96 valence electrons. The highest BCUT2D eigenvalue weighted by molar-refractivity contribution is 5.03. The zero-order valence-corrected chi connectivity index (χ0v) is 11.2. The lowest BCUT2D eigenvalue weighted by Crippen LogP contribution is -2.45. The number of aromatic nitrogens is 3. The summed E-state index contributed by atoms with van der Waals surface area (Å²) >= 11 is 0. The second kappa shape index (κ2) is 4.77. The zero-order chi connectivity index (χ0) is 12.5. The second-order valence-electron chi connectivity index (χ2n) is 6.00.